The van der Waals surface area contributed by atoms with Crippen molar-refractivity contribution in [2.24, 2.45) is 0 Å². The van der Waals surface area contributed by atoms with Crippen molar-refractivity contribution >= 4 is 41.9 Å². The van der Waals surface area contributed by atoms with Crippen molar-refractivity contribution in [3.8, 4) is 0 Å². The lowest BCUT2D eigenvalue weighted by Crippen LogP contribution is -2.29. The van der Waals surface area contributed by atoms with Gasteiger partial charge in [-0.2, -0.15) is 0 Å². The maximum atomic E-state index is 11.1. The maximum absolute atomic E-state index is 11.1. The molecule has 92 valence electrons. The molecular weight excluding hydrogens is 364 g/mol. The van der Waals surface area contributed by atoms with Gasteiger partial charge >= 0.3 is 0 Å². The van der Waals surface area contributed by atoms with Crippen molar-refractivity contribution in [3.05, 3.63) is 21.0 Å². The van der Waals surface area contributed by atoms with Gasteiger partial charge in [-0.3, -0.25) is 0 Å². The van der Waals surface area contributed by atoms with Crippen LogP contribution in [0.4, 0.5) is 0 Å². The molecule has 1 rings (SSSR count). The van der Waals surface area contributed by atoms with E-state index in [0.717, 1.165) is 10.2 Å². The van der Waals surface area contributed by atoms with Gasteiger partial charge in [-0.25, -0.2) is 13.1 Å². The quantitative estimate of drug-likeness (QED) is 0.738. The van der Waals surface area contributed by atoms with Crippen molar-refractivity contribution in [2.45, 2.75) is 6.54 Å². The van der Waals surface area contributed by atoms with Gasteiger partial charge in [-0.15, -0.1) is 0 Å². The normalized spacial score (nSPS) is 11.9. The Labute approximate surface area is 111 Å². The summed E-state index contributed by atoms with van der Waals surface area (Å²) in [4.78, 5) is 0. The number of furan rings is 1. The van der Waals surface area contributed by atoms with Crippen molar-refractivity contribution in [2.75, 3.05) is 19.3 Å². The molecule has 0 spiro atoms. The van der Waals surface area contributed by atoms with Gasteiger partial charge in [0.2, 0.25) is 10.0 Å². The van der Waals surface area contributed by atoms with Crippen LogP contribution in [-0.2, 0) is 16.6 Å². The highest BCUT2D eigenvalue weighted by Crippen LogP contribution is 2.26. The second-order valence-electron chi connectivity index (χ2n) is 3.03. The van der Waals surface area contributed by atoms with E-state index in [4.69, 9.17) is 4.42 Å². The number of hydrogen-bond acceptors (Lipinski definition) is 4. The minimum absolute atomic E-state index is 0.0482. The van der Waals surface area contributed by atoms with Crippen LogP contribution in [0.1, 0.15) is 5.76 Å². The molecule has 0 aliphatic carbocycles. The first-order chi connectivity index (χ1) is 7.44. The molecule has 5 nitrogen and oxygen atoms in total. The highest BCUT2D eigenvalue weighted by Gasteiger charge is 2.08. The van der Waals surface area contributed by atoms with E-state index in [9.17, 15) is 8.42 Å². The monoisotopic (exact) mass is 374 g/mol. The standard InChI is InChI=1S/C8H12Br2N2O3S/c1-11-16(13,14)3-2-12-5-6-4-7(9)8(10)15-6/h4,11-12H,2-3,5H2,1H3. The minimum atomic E-state index is -3.14. The highest BCUT2D eigenvalue weighted by molar-refractivity contribution is 9.13. The molecule has 0 amide bonds. The van der Waals surface area contributed by atoms with E-state index >= 15 is 0 Å². The van der Waals surface area contributed by atoms with Crippen molar-refractivity contribution < 1.29 is 12.8 Å². The average Bonchev–Trinajstić information content (AvgIpc) is 2.54. The largest absolute Gasteiger partial charge is 0.452 e. The van der Waals surface area contributed by atoms with Crippen LogP contribution in [-0.4, -0.2) is 27.8 Å². The fourth-order valence-electron chi connectivity index (χ4n) is 0.999. The zero-order valence-electron chi connectivity index (χ0n) is 8.59. The van der Waals surface area contributed by atoms with Gasteiger partial charge < -0.3 is 9.73 Å². The van der Waals surface area contributed by atoms with E-state index in [1.807, 2.05) is 6.07 Å². The molecule has 0 aliphatic rings. The summed E-state index contributed by atoms with van der Waals surface area (Å²) < 4.78 is 31.2. The van der Waals surface area contributed by atoms with Crippen molar-refractivity contribution in [1.29, 1.82) is 0 Å². The van der Waals surface area contributed by atoms with Gasteiger partial charge in [0.05, 0.1) is 16.8 Å². The molecule has 16 heavy (non-hydrogen) atoms. The Balaban J connectivity index is 2.31. The summed E-state index contributed by atoms with van der Waals surface area (Å²) in [6.45, 7) is 0.864. The predicted molar refractivity (Wildman–Crippen MR) is 68.7 cm³/mol. The Hall–Kier alpha value is 0.110. The Morgan fingerprint density at radius 2 is 2.12 bits per heavy atom. The summed E-state index contributed by atoms with van der Waals surface area (Å²) in [5.41, 5.74) is 0. The van der Waals surface area contributed by atoms with Gasteiger partial charge in [0.15, 0.2) is 4.67 Å². The third-order valence-electron chi connectivity index (χ3n) is 1.85. The second kappa shape index (κ2) is 6.15. The topological polar surface area (TPSA) is 71.3 Å². The number of rotatable bonds is 6. The van der Waals surface area contributed by atoms with Crippen LogP contribution in [0, 0.1) is 0 Å². The molecule has 0 aliphatic heterocycles. The molecule has 1 aromatic rings. The van der Waals surface area contributed by atoms with Crippen molar-refractivity contribution in [1.82, 2.24) is 10.0 Å². The molecule has 0 bridgehead atoms. The molecule has 1 heterocycles. The second-order valence-corrected chi connectivity index (χ2v) is 6.65. The molecule has 0 radical (unpaired) electrons. The van der Waals surface area contributed by atoms with Crippen molar-refractivity contribution in [3.63, 3.8) is 0 Å². The van der Waals surface area contributed by atoms with Gasteiger partial charge in [-0.05, 0) is 45.0 Å². The molecule has 8 heteroatoms. The fraction of sp³-hybridized carbons (Fsp3) is 0.500. The van der Waals surface area contributed by atoms with Gasteiger partial charge in [0.1, 0.15) is 5.76 Å². The van der Waals surface area contributed by atoms with E-state index in [2.05, 4.69) is 41.9 Å². The van der Waals surface area contributed by atoms with E-state index in [0.29, 0.717) is 17.8 Å². The molecule has 0 atom stereocenters. The van der Waals surface area contributed by atoms with E-state index in [1.165, 1.54) is 7.05 Å². The Morgan fingerprint density at radius 3 is 2.62 bits per heavy atom. The van der Waals surface area contributed by atoms with Gasteiger partial charge in [-0.1, -0.05) is 0 Å². The zero-order valence-corrected chi connectivity index (χ0v) is 12.6. The van der Waals surface area contributed by atoms with Crippen LogP contribution < -0.4 is 10.0 Å². The summed E-state index contributed by atoms with van der Waals surface area (Å²) in [5, 5.41) is 2.98. The number of nitrogens with one attached hydrogen (secondary N) is 2. The zero-order chi connectivity index (χ0) is 12.2. The van der Waals surface area contributed by atoms with Crippen LogP contribution in [0.15, 0.2) is 19.6 Å². The fourth-order valence-corrected chi connectivity index (χ4v) is 2.27. The Bertz CT molecular complexity index is 425. The summed E-state index contributed by atoms with van der Waals surface area (Å²) in [6.07, 6.45) is 0. The Morgan fingerprint density at radius 1 is 1.44 bits per heavy atom. The average molecular weight is 376 g/mol. The van der Waals surface area contributed by atoms with E-state index < -0.39 is 10.0 Å². The van der Waals surface area contributed by atoms with Gasteiger partial charge in [0.25, 0.3) is 0 Å². The molecule has 0 aromatic carbocycles. The third-order valence-corrected chi connectivity index (χ3v) is 4.93. The predicted octanol–water partition coefficient (Wildman–Crippen LogP) is 1.44. The molecule has 0 fully saturated rings. The van der Waals surface area contributed by atoms with Crippen LogP contribution >= 0.6 is 31.9 Å². The summed E-state index contributed by atoms with van der Waals surface area (Å²) in [5.74, 6) is 0.785. The number of sulfonamides is 1. The highest BCUT2D eigenvalue weighted by atomic mass is 79.9. The first-order valence-electron chi connectivity index (χ1n) is 4.50. The lowest BCUT2D eigenvalue weighted by Gasteiger charge is -2.03. The smallest absolute Gasteiger partial charge is 0.212 e. The SMILES string of the molecule is CNS(=O)(=O)CCNCc1cc(Br)c(Br)o1. The summed E-state index contributed by atoms with van der Waals surface area (Å²) >= 11 is 6.51. The summed E-state index contributed by atoms with van der Waals surface area (Å²) in [7, 11) is -1.74. The molecule has 2 N–H and O–H groups in total. The molecule has 0 unspecified atom stereocenters. The lowest BCUT2D eigenvalue weighted by atomic mass is 10.4. The van der Waals surface area contributed by atoms with Gasteiger partial charge in [0, 0.05) is 6.54 Å². The van der Waals surface area contributed by atoms with E-state index in [-0.39, 0.29) is 5.75 Å². The Kier molecular flexibility index (Phi) is 5.45. The minimum Gasteiger partial charge on any atom is -0.452 e. The summed E-state index contributed by atoms with van der Waals surface area (Å²) in [6, 6.07) is 1.82. The van der Waals surface area contributed by atoms with E-state index in [1.54, 1.807) is 0 Å². The van der Waals surface area contributed by atoms with Crippen LogP contribution in [0.25, 0.3) is 0 Å². The van der Waals surface area contributed by atoms with Crippen LogP contribution in [0.5, 0.6) is 0 Å². The number of halogens is 2. The maximum Gasteiger partial charge on any atom is 0.212 e. The van der Waals surface area contributed by atoms with Crippen LogP contribution in [0.3, 0.4) is 0 Å². The first-order valence-corrected chi connectivity index (χ1v) is 7.74. The molecule has 0 saturated heterocycles. The first kappa shape index (κ1) is 14.2. The number of hydrogen-bond donors (Lipinski definition) is 2. The molecule has 1 aromatic heterocycles. The molecular formula is C8H12Br2N2O3S. The third kappa shape index (κ3) is 4.54. The van der Waals surface area contributed by atoms with Crippen LogP contribution in [0.2, 0.25) is 0 Å². The molecule has 0 saturated carbocycles. The lowest BCUT2D eigenvalue weighted by molar-refractivity contribution is 0.467.